The Bertz CT molecular complexity index is 1250. The Morgan fingerprint density at radius 1 is 0.412 bits per heavy atom. The van der Waals surface area contributed by atoms with Gasteiger partial charge in [0.2, 0.25) is 19.7 Å². The molecule has 176 valence electrons. The zero-order valence-electron chi connectivity index (χ0n) is 17.2. The fourth-order valence-electron chi connectivity index (χ4n) is 2.73. The standard InChI is InChI=1S/C12H8Br2O2S.C12H8I2O2S/c2*13-9-1-5-11(6-2-9)17(15,16)12-7-3-10(14)4-8-12/h2*1-8H. The molecule has 0 spiro atoms. The van der Waals surface area contributed by atoms with E-state index >= 15 is 0 Å². The number of hydrogen-bond acceptors (Lipinski definition) is 4. The van der Waals surface area contributed by atoms with Gasteiger partial charge in [0.05, 0.1) is 19.6 Å². The summed E-state index contributed by atoms with van der Waals surface area (Å²) in [5.74, 6) is 0. The van der Waals surface area contributed by atoms with E-state index < -0.39 is 19.7 Å². The first-order valence-electron chi connectivity index (χ1n) is 9.52. The molecule has 0 heterocycles. The number of rotatable bonds is 4. The minimum atomic E-state index is -3.41. The monoisotopic (exact) mass is 844 g/mol. The Morgan fingerprint density at radius 3 is 0.853 bits per heavy atom. The Kier molecular flexibility index (Phi) is 9.77. The zero-order chi connectivity index (χ0) is 24.9. The largest absolute Gasteiger partial charge is 0.219 e. The summed E-state index contributed by atoms with van der Waals surface area (Å²) in [4.78, 5) is 1.25. The number of halogens is 4. The zero-order valence-corrected chi connectivity index (χ0v) is 26.3. The van der Waals surface area contributed by atoms with Crippen LogP contribution in [0.2, 0.25) is 0 Å². The summed E-state index contributed by atoms with van der Waals surface area (Å²) in [7, 11) is -6.79. The lowest BCUT2D eigenvalue weighted by molar-refractivity contribution is 0.594. The molecule has 0 radical (unpaired) electrons. The first kappa shape index (κ1) is 27.8. The molecular formula is C24H16Br2I2O4S2. The average Bonchev–Trinajstić information content (AvgIpc) is 2.81. The SMILES string of the molecule is O=S(=O)(c1ccc(Br)cc1)c1ccc(Br)cc1.O=S(=O)(c1ccc(I)cc1)c1ccc(I)cc1. The van der Waals surface area contributed by atoms with E-state index in [1.807, 2.05) is 0 Å². The third-order valence-corrected chi connectivity index (χ3v) is 10.6. The van der Waals surface area contributed by atoms with Crippen LogP contribution >= 0.6 is 77.0 Å². The van der Waals surface area contributed by atoms with Crippen LogP contribution in [0.15, 0.2) is 126 Å². The lowest BCUT2D eigenvalue weighted by atomic mass is 10.4. The van der Waals surface area contributed by atoms with Gasteiger partial charge in [-0.1, -0.05) is 31.9 Å². The second-order valence-corrected chi connectivity index (χ2v) is 15.0. The Hall–Kier alpha value is -0.800. The minimum Gasteiger partial charge on any atom is -0.219 e. The number of hydrogen-bond donors (Lipinski definition) is 0. The molecule has 4 aromatic carbocycles. The molecule has 0 aromatic heterocycles. The molecule has 0 bridgehead atoms. The predicted octanol–water partition coefficient (Wildman–Crippen LogP) is 7.77. The summed E-state index contributed by atoms with van der Waals surface area (Å²) < 4.78 is 52.7. The third kappa shape index (κ3) is 7.12. The van der Waals surface area contributed by atoms with Crippen molar-refractivity contribution in [3.05, 3.63) is 113 Å². The molecule has 0 aliphatic carbocycles. The van der Waals surface area contributed by atoms with Crippen molar-refractivity contribution in [1.29, 1.82) is 0 Å². The van der Waals surface area contributed by atoms with Gasteiger partial charge in [0.15, 0.2) is 0 Å². The van der Waals surface area contributed by atoms with Gasteiger partial charge in [0, 0.05) is 16.1 Å². The maximum Gasteiger partial charge on any atom is 0.206 e. The van der Waals surface area contributed by atoms with E-state index in [1.165, 1.54) is 0 Å². The fraction of sp³-hybridized carbons (Fsp3) is 0. The first-order valence-corrected chi connectivity index (χ1v) is 16.2. The molecule has 0 aliphatic heterocycles. The van der Waals surface area contributed by atoms with Crippen molar-refractivity contribution in [2.45, 2.75) is 19.6 Å². The van der Waals surface area contributed by atoms with Crippen LogP contribution in [0, 0.1) is 7.14 Å². The van der Waals surface area contributed by atoms with E-state index in [0.717, 1.165) is 16.1 Å². The molecule has 0 fully saturated rings. The number of benzene rings is 4. The molecule has 0 amide bonds. The molecule has 4 aromatic rings. The van der Waals surface area contributed by atoms with Crippen molar-refractivity contribution in [2.24, 2.45) is 0 Å². The summed E-state index contributed by atoms with van der Waals surface area (Å²) in [5.41, 5.74) is 0. The highest BCUT2D eigenvalue weighted by Crippen LogP contribution is 2.24. The van der Waals surface area contributed by atoms with Crippen molar-refractivity contribution >= 4 is 96.7 Å². The van der Waals surface area contributed by atoms with E-state index in [2.05, 4.69) is 77.0 Å². The summed E-state index contributed by atoms with van der Waals surface area (Å²) in [6.07, 6.45) is 0. The smallest absolute Gasteiger partial charge is 0.206 e. The van der Waals surface area contributed by atoms with Gasteiger partial charge in [-0.2, -0.15) is 0 Å². The van der Waals surface area contributed by atoms with Crippen LogP contribution in [-0.4, -0.2) is 16.8 Å². The van der Waals surface area contributed by atoms with Gasteiger partial charge in [-0.05, 0) is 142 Å². The van der Waals surface area contributed by atoms with E-state index in [-0.39, 0.29) is 0 Å². The third-order valence-electron chi connectivity index (χ3n) is 4.50. The molecule has 0 saturated carbocycles. The quantitative estimate of drug-likeness (QED) is 0.197. The molecule has 0 saturated heterocycles. The van der Waals surface area contributed by atoms with Crippen LogP contribution in [0.5, 0.6) is 0 Å². The molecule has 0 unspecified atom stereocenters. The van der Waals surface area contributed by atoms with Gasteiger partial charge < -0.3 is 0 Å². The van der Waals surface area contributed by atoms with E-state index in [9.17, 15) is 16.8 Å². The molecular weight excluding hydrogens is 830 g/mol. The molecule has 0 atom stereocenters. The van der Waals surface area contributed by atoms with Gasteiger partial charge >= 0.3 is 0 Å². The summed E-state index contributed by atoms with van der Waals surface area (Å²) in [5, 5.41) is 0. The Labute approximate surface area is 243 Å². The molecule has 0 N–H and O–H groups in total. The van der Waals surface area contributed by atoms with Crippen LogP contribution in [0.1, 0.15) is 0 Å². The van der Waals surface area contributed by atoms with Gasteiger partial charge in [-0.25, -0.2) is 16.8 Å². The van der Waals surface area contributed by atoms with E-state index in [1.54, 1.807) is 97.1 Å². The van der Waals surface area contributed by atoms with Crippen LogP contribution in [0.25, 0.3) is 0 Å². The Morgan fingerprint density at radius 2 is 0.618 bits per heavy atom. The number of sulfone groups is 2. The molecule has 4 nitrogen and oxygen atoms in total. The molecule has 34 heavy (non-hydrogen) atoms. The van der Waals surface area contributed by atoms with Crippen LogP contribution in [-0.2, 0) is 19.7 Å². The predicted molar refractivity (Wildman–Crippen MR) is 158 cm³/mol. The normalized spacial score (nSPS) is 11.4. The molecule has 0 aliphatic rings. The fourth-order valence-corrected chi connectivity index (χ4v) is 6.50. The highest BCUT2D eigenvalue weighted by Gasteiger charge is 2.17. The van der Waals surface area contributed by atoms with Crippen molar-refractivity contribution in [3.63, 3.8) is 0 Å². The summed E-state index contributed by atoms with van der Waals surface area (Å²) in [6.45, 7) is 0. The molecule has 4 rings (SSSR count). The average molecular weight is 846 g/mol. The summed E-state index contributed by atoms with van der Waals surface area (Å²) in [6, 6.07) is 26.9. The van der Waals surface area contributed by atoms with Gasteiger partial charge in [-0.15, -0.1) is 0 Å². The summed E-state index contributed by atoms with van der Waals surface area (Å²) >= 11 is 10.8. The van der Waals surface area contributed by atoms with Crippen molar-refractivity contribution < 1.29 is 16.8 Å². The molecule has 10 heteroatoms. The van der Waals surface area contributed by atoms with Gasteiger partial charge in [0.25, 0.3) is 0 Å². The van der Waals surface area contributed by atoms with Crippen LogP contribution < -0.4 is 0 Å². The van der Waals surface area contributed by atoms with Crippen molar-refractivity contribution in [3.8, 4) is 0 Å². The van der Waals surface area contributed by atoms with Gasteiger partial charge in [0.1, 0.15) is 0 Å². The maximum absolute atomic E-state index is 12.3. The van der Waals surface area contributed by atoms with Crippen LogP contribution in [0.4, 0.5) is 0 Å². The second kappa shape index (κ2) is 12.0. The first-order chi connectivity index (χ1) is 16.0. The lowest BCUT2D eigenvalue weighted by Gasteiger charge is -2.04. The topological polar surface area (TPSA) is 68.3 Å². The van der Waals surface area contributed by atoms with E-state index in [4.69, 9.17) is 0 Å². The van der Waals surface area contributed by atoms with Crippen molar-refractivity contribution in [2.75, 3.05) is 0 Å². The lowest BCUT2D eigenvalue weighted by Crippen LogP contribution is -2.01. The van der Waals surface area contributed by atoms with Crippen molar-refractivity contribution in [1.82, 2.24) is 0 Å². The maximum atomic E-state index is 12.3. The minimum absolute atomic E-state index is 0.294. The highest BCUT2D eigenvalue weighted by molar-refractivity contribution is 14.1. The van der Waals surface area contributed by atoms with E-state index in [0.29, 0.717) is 19.6 Å². The second-order valence-electron chi connectivity index (χ2n) is 6.82. The van der Waals surface area contributed by atoms with Gasteiger partial charge in [-0.3, -0.25) is 0 Å². The Balaban J connectivity index is 0.000000191. The highest BCUT2D eigenvalue weighted by atomic mass is 127. The van der Waals surface area contributed by atoms with Crippen LogP contribution in [0.3, 0.4) is 0 Å².